The second-order valence-corrected chi connectivity index (χ2v) is 11.8. The van der Waals surface area contributed by atoms with E-state index in [1.807, 2.05) is 0 Å². The molecule has 0 saturated carbocycles. The molecule has 0 saturated heterocycles. The van der Waals surface area contributed by atoms with Crippen molar-refractivity contribution in [3.63, 3.8) is 0 Å². The van der Waals surface area contributed by atoms with Gasteiger partial charge in [0, 0.05) is 34.1 Å². The Labute approximate surface area is 284 Å². The summed E-state index contributed by atoms with van der Waals surface area (Å²) in [7, 11) is 0. The van der Waals surface area contributed by atoms with E-state index < -0.39 is 0 Å². The van der Waals surface area contributed by atoms with Crippen molar-refractivity contribution in [2.45, 2.75) is 12.8 Å². The summed E-state index contributed by atoms with van der Waals surface area (Å²) in [6.07, 6.45) is 17.7. The van der Waals surface area contributed by atoms with Gasteiger partial charge in [0.05, 0.1) is 0 Å². The Bertz CT molecular complexity index is 1980. The van der Waals surface area contributed by atoms with Gasteiger partial charge in [-0.05, 0) is 102 Å². The molecular formula is C46H38N2. The molecule has 0 bridgehead atoms. The molecule has 0 heterocycles. The Morgan fingerprint density at radius 2 is 0.667 bits per heavy atom. The van der Waals surface area contributed by atoms with Gasteiger partial charge < -0.3 is 9.80 Å². The Kier molecular flexibility index (Phi) is 9.53. The van der Waals surface area contributed by atoms with Gasteiger partial charge in [-0.2, -0.15) is 0 Å². The summed E-state index contributed by atoms with van der Waals surface area (Å²) in [5.74, 6) is 0. The maximum Gasteiger partial charge on any atom is 0.0462 e. The molecule has 48 heavy (non-hydrogen) atoms. The fourth-order valence-corrected chi connectivity index (χ4v) is 5.96. The van der Waals surface area contributed by atoms with Crippen molar-refractivity contribution >= 4 is 52.7 Å². The zero-order chi connectivity index (χ0) is 32.4. The van der Waals surface area contributed by atoms with Gasteiger partial charge in [0.2, 0.25) is 0 Å². The molecule has 0 radical (unpaired) electrons. The normalized spacial score (nSPS) is 12.7. The van der Waals surface area contributed by atoms with E-state index in [9.17, 15) is 0 Å². The van der Waals surface area contributed by atoms with Crippen LogP contribution in [-0.4, -0.2) is 0 Å². The van der Waals surface area contributed by atoms with E-state index in [2.05, 4.69) is 216 Å². The second kappa shape index (κ2) is 15.0. The van der Waals surface area contributed by atoms with Crippen molar-refractivity contribution in [1.82, 2.24) is 0 Å². The molecule has 0 amide bonds. The first kappa shape index (κ1) is 30.5. The molecule has 0 aliphatic heterocycles. The van der Waals surface area contributed by atoms with E-state index in [-0.39, 0.29) is 0 Å². The minimum atomic E-state index is 1.07. The molecule has 2 nitrogen and oxygen atoms in total. The minimum absolute atomic E-state index is 1.07. The molecule has 0 spiro atoms. The number of para-hydroxylation sites is 3. The summed E-state index contributed by atoms with van der Waals surface area (Å²) < 4.78 is 0. The molecule has 1 aliphatic rings. The number of nitrogens with zero attached hydrogens (tertiary/aromatic N) is 2. The van der Waals surface area contributed by atoms with Crippen LogP contribution in [0.4, 0.5) is 28.4 Å². The highest BCUT2D eigenvalue weighted by Crippen LogP contribution is 2.35. The van der Waals surface area contributed by atoms with Gasteiger partial charge in [-0.3, -0.25) is 0 Å². The van der Waals surface area contributed by atoms with Gasteiger partial charge in [0.25, 0.3) is 0 Å². The lowest BCUT2D eigenvalue weighted by molar-refractivity contribution is 0.997. The zero-order valence-corrected chi connectivity index (χ0v) is 26.9. The number of hydrogen-bond donors (Lipinski definition) is 0. The summed E-state index contributed by atoms with van der Waals surface area (Å²) >= 11 is 0. The van der Waals surface area contributed by atoms with E-state index >= 15 is 0 Å². The van der Waals surface area contributed by atoms with Crippen molar-refractivity contribution in [3.05, 3.63) is 210 Å². The topological polar surface area (TPSA) is 6.48 Å². The predicted octanol–water partition coefficient (Wildman–Crippen LogP) is 12.9. The highest BCUT2D eigenvalue weighted by atomic mass is 15.1. The fraction of sp³-hybridized carbons (Fsp3) is 0.0435. The monoisotopic (exact) mass is 618 g/mol. The quantitative estimate of drug-likeness (QED) is 0.141. The molecule has 0 N–H and O–H groups in total. The van der Waals surface area contributed by atoms with Crippen molar-refractivity contribution < 1.29 is 0 Å². The lowest BCUT2D eigenvalue weighted by Crippen LogP contribution is -2.16. The molecule has 2 heteroatoms. The Balaban J connectivity index is 1.01. The lowest BCUT2D eigenvalue weighted by atomic mass is 10.1. The first-order valence-corrected chi connectivity index (χ1v) is 16.6. The summed E-state index contributed by atoms with van der Waals surface area (Å²) in [6.45, 7) is 0. The van der Waals surface area contributed by atoms with Crippen LogP contribution in [0.3, 0.4) is 0 Å². The molecule has 232 valence electrons. The van der Waals surface area contributed by atoms with Crippen molar-refractivity contribution in [1.29, 1.82) is 0 Å². The number of allylic oxidation sites excluding steroid dienone is 3. The van der Waals surface area contributed by atoms with Crippen LogP contribution in [0.15, 0.2) is 188 Å². The molecule has 0 fully saturated rings. The third-order valence-electron chi connectivity index (χ3n) is 8.45. The summed E-state index contributed by atoms with van der Waals surface area (Å²) in [5, 5.41) is 0. The molecular weight excluding hydrogens is 581 g/mol. The third-order valence-corrected chi connectivity index (χ3v) is 8.45. The number of benzene rings is 6. The van der Waals surface area contributed by atoms with Crippen molar-refractivity contribution in [2.75, 3.05) is 9.80 Å². The van der Waals surface area contributed by atoms with Gasteiger partial charge in [0.15, 0.2) is 0 Å². The summed E-state index contributed by atoms with van der Waals surface area (Å²) in [5.41, 5.74) is 11.6. The smallest absolute Gasteiger partial charge is 0.0462 e. The standard InChI is InChI=1S/C46H38N2/c1-5-13-41(14-6-1)47(42-15-7-2-8-16-42)45-33-29-39(30-34-45)27-25-37-21-23-38(24-22-37)26-28-40-31-35-46(36-32-40)48(43-17-9-3-10-18-43)44-19-11-4-12-20-44/h1-3,5-11,13-36H,4,12H2/b27-25+,28-26+. The van der Waals surface area contributed by atoms with Gasteiger partial charge >= 0.3 is 0 Å². The van der Waals surface area contributed by atoms with Crippen LogP contribution in [0.5, 0.6) is 0 Å². The van der Waals surface area contributed by atoms with Crippen LogP contribution in [0, 0.1) is 0 Å². The summed E-state index contributed by atoms with van der Waals surface area (Å²) in [4.78, 5) is 4.61. The van der Waals surface area contributed by atoms with E-state index in [1.54, 1.807) is 0 Å². The Morgan fingerprint density at radius 1 is 0.333 bits per heavy atom. The average Bonchev–Trinajstić information content (AvgIpc) is 3.17. The van der Waals surface area contributed by atoms with Crippen molar-refractivity contribution in [2.24, 2.45) is 0 Å². The van der Waals surface area contributed by atoms with Gasteiger partial charge in [-0.15, -0.1) is 0 Å². The molecule has 0 unspecified atom stereocenters. The highest BCUT2D eigenvalue weighted by Gasteiger charge is 2.14. The second-order valence-electron chi connectivity index (χ2n) is 11.8. The van der Waals surface area contributed by atoms with E-state index in [0.717, 1.165) is 41.2 Å². The van der Waals surface area contributed by atoms with Gasteiger partial charge in [-0.1, -0.05) is 140 Å². The average molecular weight is 619 g/mol. The molecule has 6 aromatic carbocycles. The summed E-state index contributed by atoms with van der Waals surface area (Å²) in [6, 6.07) is 57.8. The predicted molar refractivity (Wildman–Crippen MR) is 207 cm³/mol. The fourth-order valence-electron chi connectivity index (χ4n) is 5.96. The van der Waals surface area contributed by atoms with Gasteiger partial charge in [-0.25, -0.2) is 0 Å². The molecule has 6 aromatic rings. The van der Waals surface area contributed by atoms with Crippen LogP contribution < -0.4 is 9.80 Å². The maximum atomic E-state index is 2.33. The van der Waals surface area contributed by atoms with Crippen LogP contribution in [0.1, 0.15) is 35.1 Å². The van der Waals surface area contributed by atoms with Gasteiger partial charge in [0.1, 0.15) is 0 Å². The lowest BCUT2D eigenvalue weighted by Gasteiger charge is -2.27. The largest absolute Gasteiger partial charge is 0.311 e. The number of anilines is 5. The van der Waals surface area contributed by atoms with E-state index in [4.69, 9.17) is 0 Å². The van der Waals surface area contributed by atoms with Crippen LogP contribution in [0.25, 0.3) is 24.3 Å². The number of rotatable bonds is 10. The Hall–Kier alpha value is -6.12. The van der Waals surface area contributed by atoms with Crippen LogP contribution in [0.2, 0.25) is 0 Å². The van der Waals surface area contributed by atoms with Crippen LogP contribution >= 0.6 is 0 Å². The first-order valence-electron chi connectivity index (χ1n) is 16.6. The van der Waals surface area contributed by atoms with E-state index in [0.29, 0.717) is 0 Å². The van der Waals surface area contributed by atoms with Crippen molar-refractivity contribution in [3.8, 4) is 0 Å². The maximum absolute atomic E-state index is 2.33. The molecule has 0 atom stereocenters. The first-order chi connectivity index (χ1) is 23.8. The zero-order valence-electron chi connectivity index (χ0n) is 26.9. The molecule has 7 rings (SSSR count). The highest BCUT2D eigenvalue weighted by molar-refractivity contribution is 5.79. The number of hydrogen-bond acceptors (Lipinski definition) is 2. The van der Waals surface area contributed by atoms with E-state index in [1.165, 1.54) is 28.1 Å². The van der Waals surface area contributed by atoms with Crippen LogP contribution in [-0.2, 0) is 0 Å². The minimum Gasteiger partial charge on any atom is -0.311 e. The third kappa shape index (κ3) is 7.46. The Morgan fingerprint density at radius 3 is 1.04 bits per heavy atom. The molecule has 1 aliphatic carbocycles. The SMILES string of the molecule is C1=CC(N(c2ccccc2)c2ccc(/C=C/c3ccc(/C=C/c4ccc(N(c5ccccc5)c5ccccc5)cc4)cc3)cc2)=CCC1. The molecule has 0 aromatic heterocycles.